The van der Waals surface area contributed by atoms with Crippen molar-refractivity contribution in [2.75, 3.05) is 41.4 Å². The predicted molar refractivity (Wildman–Crippen MR) is 142 cm³/mol. The topological polar surface area (TPSA) is 68.3 Å². The fourth-order valence-electron chi connectivity index (χ4n) is 5.47. The molecule has 36 heavy (non-hydrogen) atoms. The van der Waals surface area contributed by atoms with Gasteiger partial charge in [0, 0.05) is 38.0 Å². The number of amides is 1. The molecule has 4 rings (SSSR count). The molecule has 8 heteroatoms. The lowest BCUT2D eigenvalue weighted by molar-refractivity contribution is 0.0977. The average molecular weight is 517 g/mol. The van der Waals surface area contributed by atoms with E-state index < -0.39 is 0 Å². The van der Waals surface area contributed by atoms with Crippen LogP contribution in [0.1, 0.15) is 59.5 Å². The van der Waals surface area contributed by atoms with Crippen LogP contribution in [0.2, 0.25) is 0 Å². The van der Waals surface area contributed by atoms with E-state index in [0.717, 1.165) is 45.2 Å². The Bertz CT molecular complexity index is 1070. The molecule has 2 aliphatic rings. The molecule has 1 aliphatic heterocycles. The summed E-state index contributed by atoms with van der Waals surface area (Å²) in [6.07, 6.45) is 5.16. The Hall–Kier alpha value is -2.77. The SMILES string of the molecule is COc1ccc(C(=O)CCCCN2CCC3c4cccc(OC(=O)N(C)C)c4CCC32)cc1OC.Cl. The summed E-state index contributed by atoms with van der Waals surface area (Å²) in [5, 5.41) is 0. The standard InChI is InChI=1S/C28H36N2O5.ClH/c1-29(2)28(32)35-25-10-7-8-20-21-15-17-30(23(21)13-12-22(20)25)16-6-5-9-24(31)19-11-14-26(33-3)27(18-19)34-4;/h7-8,10-11,14,18,21,23H,5-6,9,12-13,15-17H2,1-4H3;1H. The molecule has 0 aromatic heterocycles. The Morgan fingerprint density at radius 3 is 2.50 bits per heavy atom. The lowest BCUT2D eigenvalue weighted by Crippen LogP contribution is -2.36. The van der Waals surface area contributed by atoms with E-state index in [1.807, 2.05) is 12.1 Å². The third-order valence-corrected chi connectivity index (χ3v) is 7.29. The van der Waals surface area contributed by atoms with Gasteiger partial charge in [0.25, 0.3) is 0 Å². The Kier molecular flexibility index (Phi) is 9.63. The van der Waals surface area contributed by atoms with Gasteiger partial charge in [0.1, 0.15) is 5.75 Å². The Labute approximate surface area is 220 Å². The maximum Gasteiger partial charge on any atom is 0.414 e. The monoisotopic (exact) mass is 516 g/mol. The van der Waals surface area contributed by atoms with Gasteiger partial charge in [-0.25, -0.2) is 4.79 Å². The maximum atomic E-state index is 12.7. The number of rotatable bonds is 9. The van der Waals surface area contributed by atoms with Crippen molar-refractivity contribution in [2.45, 2.75) is 50.5 Å². The van der Waals surface area contributed by atoms with Gasteiger partial charge in [0.15, 0.2) is 17.3 Å². The van der Waals surface area contributed by atoms with E-state index in [1.54, 1.807) is 46.5 Å². The number of Topliss-reactive ketones (excluding diaryl/α,β-unsaturated/α-hetero) is 1. The highest BCUT2D eigenvalue weighted by atomic mass is 35.5. The average Bonchev–Trinajstić information content (AvgIpc) is 3.29. The maximum absolute atomic E-state index is 12.7. The van der Waals surface area contributed by atoms with E-state index in [-0.39, 0.29) is 24.3 Å². The number of methoxy groups -OCH3 is 2. The zero-order valence-corrected chi connectivity index (χ0v) is 22.4. The second kappa shape index (κ2) is 12.5. The first kappa shape index (κ1) is 27.8. The van der Waals surface area contributed by atoms with Crippen LogP contribution in [0.15, 0.2) is 36.4 Å². The first-order chi connectivity index (χ1) is 16.9. The lowest BCUT2D eigenvalue weighted by atomic mass is 9.79. The molecule has 1 amide bonds. The summed E-state index contributed by atoms with van der Waals surface area (Å²) in [5.74, 6) is 2.52. The Morgan fingerprint density at radius 1 is 1.00 bits per heavy atom. The van der Waals surface area contributed by atoms with Gasteiger partial charge < -0.3 is 19.1 Å². The van der Waals surface area contributed by atoms with Gasteiger partial charge in [-0.2, -0.15) is 0 Å². The number of nitrogens with zero attached hydrogens (tertiary/aromatic N) is 2. The van der Waals surface area contributed by atoms with Crippen molar-refractivity contribution in [3.63, 3.8) is 0 Å². The predicted octanol–water partition coefficient (Wildman–Crippen LogP) is 5.34. The first-order valence-electron chi connectivity index (χ1n) is 12.4. The molecule has 1 fully saturated rings. The number of benzene rings is 2. The number of likely N-dealkylation sites (tertiary alicyclic amines) is 1. The van der Waals surface area contributed by atoms with E-state index in [4.69, 9.17) is 14.2 Å². The van der Waals surface area contributed by atoms with Crippen LogP contribution in [-0.2, 0) is 6.42 Å². The number of ether oxygens (including phenoxy) is 3. The number of unbranched alkanes of at least 4 members (excludes halogenated alkanes) is 1. The minimum Gasteiger partial charge on any atom is -0.493 e. The number of carbonyl (C=O) groups excluding carboxylic acids is 2. The number of halogens is 1. The van der Waals surface area contributed by atoms with Crippen molar-refractivity contribution in [3.8, 4) is 17.2 Å². The minimum absolute atomic E-state index is 0. The molecule has 1 saturated heterocycles. The summed E-state index contributed by atoms with van der Waals surface area (Å²) in [6.45, 7) is 2.07. The fourth-order valence-corrected chi connectivity index (χ4v) is 5.47. The number of carbonyl (C=O) groups is 2. The number of hydrogen-bond acceptors (Lipinski definition) is 6. The van der Waals surface area contributed by atoms with E-state index in [2.05, 4.69) is 11.0 Å². The number of fused-ring (bicyclic) bond motifs is 3. The highest BCUT2D eigenvalue weighted by molar-refractivity contribution is 5.96. The van der Waals surface area contributed by atoms with E-state index in [1.165, 1.54) is 16.0 Å². The molecule has 0 saturated carbocycles. The molecule has 2 atom stereocenters. The van der Waals surface area contributed by atoms with Crippen LogP contribution in [0.25, 0.3) is 0 Å². The Morgan fingerprint density at radius 2 is 1.78 bits per heavy atom. The molecule has 2 aromatic carbocycles. The quantitative estimate of drug-likeness (QED) is 0.331. The van der Waals surface area contributed by atoms with Gasteiger partial charge in [-0.3, -0.25) is 9.69 Å². The van der Waals surface area contributed by atoms with Gasteiger partial charge in [-0.15, -0.1) is 12.4 Å². The molecule has 0 radical (unpaired) electrons. The molecule has 196 valence electrons. The van der Waals surface area contributed by atoms with Crippen LogP contribution < -0.4 is 14.2 Å². The zero-order chi connectivity index (χ0) is 24.9. The van der Waals surface area contributed by atoms with Crippen molar-refractivity contribution in [1.29, 1.82) is 0 Å². The molecule has 0 bridgehead atoms. The van der Waals surface area contributed by atoms with E-state index in [9.17, 15) is 9.59 Å². The molecular weight excluding hydrogens is 480 g/mol. The smallest absolute Gasteiger partial charge is 0.414 e. The van der Waals surface area contributed by atoms with E-state index >= 15 is 0 Å². The second-order valence-electron chi connectivity index (χ2n) is 9.57. The fraction of sp³-hybridized carbons (Fsp3) is 0.500. The van der Waals surface area contributed by atoms with Gasteiger partial charge in [0.2, 0.25) is 0 Å². The van der Waals surface area contributed by atoms with Crippen molar-refractivity contribution in [2.24, 2.45) is 0 Å². The van der Waals surface area contributed by atoms with Crippen LogP contribution >= 0.6 is 12.4 Å². The van der Waals surface area contributed by atoms with Gasteiger partial charge in [-0.1, -0.05) is 12.1 Å². The second-order valence-corrected chi connectivity index (χ2v) is 9.57. The van der Waals surface area contributed by atoms with Crippen molar-refractivity contribution < 1.29 is 23.8 Å². The van der Waals surface area contributed by atoms with Crippen LogP contribution in [0.5, 0.6) is 17.2 Å². The lowest BCUT2D eigenvalue weighted by Gasteiger charge is -2.34. The molecule has 0 N–H and O–H groups in total. The van der Waals surface area contributed by atoms with Gasteiger partial charge in [-0.05, 0) is 80.6 Å². The normalized spacial score (nSPS) is 18.4. The summed E-state index contributed by atoms with van der Waals surface area (Å²) >= 11 is 0. The highest BCUT2D eigenvalue weighted by Crippen LogP contribution is 2.44. The number of hydrogen-bond donors (Lipinski definition) is 0. The van der Waals surface area contributed by atoms with Gasteiger partial charge >= 0.3 is 6.09 Å². The number of ketones is 1. The largest absolute Gasteiger partial charge is 0.493 e. The zero-order valence-electron chi connectivity index (χ0n) is 21.6. The third-order valence-electron chi connectivity index (χ3n) is 7.29. The summed E-state index contributed by atoms with van der Waals surface area (Å²) in [7, 11) is 6.57. The molecule has 0 spiro atoms. The van der Waals surface area contributed by atoms with Crippen molar-refractivity contribution in [1.82, 2.24) is 9.80 Å². The molecule has 1 heterocycles. The molecule has 7 nitrogen and oxygen atoms in total. The summed E-state index contributed by atoms with van der Waals surface area (Å²) in [6, 6.07) is 12.0. The van der Waals surface area contributed by atoms with E-state index in [0.29, 0.717) is 41.2 Å². The van der Waals surface area contributed by atoms with Crippen LogP contribution in [-0.4, -0.2) is 69.1 Å². The van der Waals surface area contributed by atoms with Crippen molar-refractivity contribution in [3.05, 3.63) is 53.1 Å². The van der Waals surface area contributed by atoms with Crippen LogP contribution in [0.3, 0.4) is 0 Å². The summed E-state index contributed by atoms with van der Waals surface area (Å²) < 4.78 is 16.2. The third kappa shape index (κ3) is 5.95. The molecule has 2 aromatic rings. The Balaban J connectivity index is 0.00000361. The minimum atomic E-state index is -0.337. The first-order valence-corrected chi connectivity index (χ1v) is 12.4. The van der Waals surface area contributed by atoms with Crippen LogP contribution in [0, 0.1) is 0 Å². The molecule has 2 unspecified atom stereocenters. The molecular formula is C28H37ClN2O5. The summed E-state index contributed by atoms with van der Waals surface area (Å²) in [4.78, 5) is 28.8. The van der Waals surface area contributed by atoms with Gasteiger partial charge in [0.05, 0.1) is 14.2 Å². The molecule has 1 aliphatic carbocycles. The van der Waals surface area contributed by atoms with Crippen molar-refractivity contribution >= 4 is 24.3 Å². The summed E-state index contributed by atoms with van der Waals surface area (Å²) in [5.41, 5.74) is 3.18. The highest BCUT2D eigenvalue weighted by Gasteiger charge is 2.39. The van der Waals surface area contributed by atoms with Crippen LogP contribution in [0.4, 0.5) is 4.79 Å².